The fraction of sp³-hybridized carbons (Fsp3) is 0.333. The van der Waals surface area contributed by atoms with Crippen LogP contribution in [0.15, 0.2) is 42.6 Å². The average Bonchev–Trinajstić information content (AvgIpc) is 3.38. The molecule has 5 rings (SSSR count). The molecule has 2 atom stereocenters. The zero-order valence-electron chi connectivity index (χ0n) is 19.1. The number of pyridine rings is 1. The summed E-state index contributed by atoms with van der Waals surface area (Å²) in [5, 5.41) is 9.11. The van der Waals surface area contributed by atoms with Gasteiger partial charge in [0.1, 0.15) is 17.6 Å². The maximum Gasteiger partial charge on any atom is 0.304 e. The average molecular weight is 446 g/mol. The Balaban J connectivity index is 1.43. The molecule has 0 amide bonds. The molecule has 2 heterocycles. The lowest BCUT2D eigenvalue weighted by Crippen LogP contribution is -2.07. The van der Waals surface area contributed by atoms with Crippen LogP contribution in [0.4, 0.5) is 0 Å². The van der Waals surface area contributed by atoms with Crippen molar-refractivity contribution in [1.82, 2.24) is 4.98 Å². The van der Waals surface area contributed by atoms with Crippen LogP contribution in [0.2, 0.25) is 0 Å². The molecule has 3 aromatic rings. The Morgan fingerprint density at radius 3 is 2.85 bits per heavy atom. The smallest absolute Gasteiger partial charge is 0.304 e. The second-order valence-electron chi connectivity index (χ2n) is 8.77. The molecule has 1 aliphatic carbocycles. The van der Waals surface area contributed by atoms with Crippen LogP contribution in [-0.2, 0) is 11.2 Å². The van der Waals surface area contributed by atoms with E-state index in [9.17, 15) is 4.79 Å². The highest BCUT2D eigenvalue weighted by atomic mass is 16.5. The van der Waals surface area contributed by atoms with Gasteiger partial charge in [-0.1, -0.05) is 24.3 Å². The largest absolute Gasteiger partial charge is 0.492 e. The van der Waals surface area contributed by atoms with Crippen molar-refractivity contribution in [2.45, 2.75) is 45.1 Å². The number of methoxy groups -OCH3 is 1. The Kier molecular flexibility index (Phi) is 5.44. The quantitative estimate of drug-likeness (QED) is 0.548. The van der Waals surface area contributed by atoms with E-state index < -0.39 is 5.97 Å². The molecule has 0 saturated carbocycles. The minimum Gasteiger partial charge on any atom is -0.492 e. The Morgan fingerprint density at radius 2 is 2.06 bits per heavy atom. The fourth-order valence-corrected chi connectivity index (χ4v) is 5.19. The van der Waals surface area contributed by atoms with Gasteiger partial charge in [0, 0.05) is 29.3 Å². The number of carboxylic acids is 1. The van der Waals surface area contributed by atoms with Crippen LogP contribution in [0.3, 0.4) is 0 Å². The van der Waals surface area contributed by atoms with Gasteiger partial charge in [-0.25, -0.2) is 4.98 Å². The summed E-state index contributed by atoms with van der Waals surface area (Å²) >= 11 is 0. The van der Waals surface area contributed by atoms with Crippen LogP contribution in [0.1, 0.15) is 52.7 Å². The third kappa shape index (κ3) is 3.80. The number of carbonyl (C=O) groups is 1. The van der Waals surface area contributed by atoms with Gasteiger partial charge in [-0.15, -0.1) is 0 Å². The third-order valence-electron chi connectivity index (χ3n) is 6.71. The van der Waals surface area contributed by atoms with E-state index in [0.29, 0.717) is 12.5 Å². The molecular formula is C27H27NO5. The van der Waals surface area contributed by atoms with E-state index in [1.807, 2.05) is 24.4 Å². The summed E-state index contributed by atoms with van der Waals surface area (Å²) in [5.74, 6) is 1.20. The first-order valence-corrected chi connectivity index (χ1v) is 11.2. The predicted molar refractivity (Wildman–Crippen MR) is 124 cm³/mol. The van der Waals surface area contributed by atoms with E-state index in [1.165, 1.54) is 22.3 Å². The molecule has 0 radical (unpaired) electrons. The van der Waals surface area contributed by atoms with Crippen molar-refractivity contribution in [3.63, 3.8) is 0 Å². The maximum atomic E-state index is 11.1. The number of hydrogen-bond acceptors (Lipinski definition) is 5. The highest BCUT2D eigenvalue weighted by Gasteiger charge is 2.30. The van der Waals surface area contributed by atoms with E-state index in [2.05, 4.69) is 37.0 Å². The van der Waals surface area contributed by atoms with Crippen molar-refractivity contribution in [3.05, 3.63) is 70.4 Å². The molecule has 2 aliphatic rings. The molecule has 1 aliphatic heterocycles. The van der Waals surface area contributed by atoms with Gasteiger partial charge in [0.15, 0.2) is 0 Å². The molecular weight excluding hydrogens is 418 g/mol. The summed E-state index contributed by atoms with van der Waals surface area (Å²) in [6.45, 7) is 4.53. The minimum atomic E-state index is -0.813. The molecule has 2 aromatic carbocycles. The van der Waals surface area contributed by atoms with Crippen molar-refractivity contribution in [3.8, 4) is 28.5 Å². The number of nitrogens with zero attached hydrogens (tertiary/aromatic N) is 1. The van der Waals surface area contributed by atoms with Gasteiger partial charge >= 0.3 is 5.97 Å². The molecule has 1 aromatic heterocycles. The molecule has 6 heteroatoms. The normalized spacial score (nSPS) is 18.4. The van der Waals surface area contributed by atoms with E-state index in [4.69, 9.17) is 19.3 Å². The Bertz CT molecular complexity index is 1240. The first kappa shape index (κ1) is 21.3. The molecule has 170 valence electrons. The number of aromatic nitrogens is 1. The fourth-order valence-electron chi connectivity index (χ4n) is 5.19. The Hall–Kier alpha value is -3.54. The lowest BCUT2D eigenvalue weighted by atomic mass is 9.92. The number of carboxylic acid groups (broad SMARTS) is 1. The second kappa shape index (κ2) is 8.43. The summed E-state index contributed by atoms with van der Waals surface area (Å²) in [5.41, 5.74) is 8.00. The second-order valence-corrected chi connectivity index (χ2v) is 8.77. The monoisotopic (exact) mass is 445 g/mol. The van der Waals surface area contributed by atoms with Gasteiger partial charge in [0.2, 0.25) is 5.88 Å². The van der Waals surface area contributed by atoms with E-state index in [1.54, 1.807) is 7.11 Å². The minimum absolute atomic E-state index is 0.0430. The number of ether oxygens (including phenoxy) is 3. The molecule has 0 bridgehead atoms. The third-order valence-corrected chi connectivity index (χ3v) is 6.71. The van der Waals surface area contributed by atoms with Gasteiger partial charge in [0.25, 0.3) is 0 Å². The highest BCUT2D eigenvalue weighted by Crippen LogP contribution is 2.44. The number of rotatable bonds is 6. The summed E-state index contributed by atoms with van der Waals surface area (Å²) in [4.78, 5) is 15.5. The summed E-state index contributed by atoms with van der Waals surface area (Å²) in [7, 11) is 1.65. The van der Waals surface area contributed by atoms with Gasteiger partial charge < -0.3 is 19.3 Å². The van der Waals surface area contributed by atoms with Crippen molar-refractivity contribution in [2.24, 2.45) is 0 Å². The standard InChI is InChI=1S/C27H27NO5/c1-15-13-28-27(31-3)16(2)26(15)22-6-4-5-21-20(22)9-10-23(21)33-18-7-8-19-17(11-25(29)30)14-32-24(19)12-18/h4-8,12-13,17,23H,9-11,14H2,1-3H3,(H,29,30)/t17-,23-/m1/s1. The zero-order valence-corrected chi connectivity index (χ0v) is 19.1. The molecule has 0 fully saturated rings. The molecule has 0 spiro atoms. The van der Waals surface area contributed by atoms with Crippen molar-refractivity contribution in [1.29, 1.82) is 0 Å². The van der Waals surface area contributed by atoms with Crippen molar-refractivity contribution in [2.75, 3.05) is 13.7 Å². The van der Waals surface area contributed by atoms with Crippen LogP contribution in [-0.4, -0.2) is 29.8 Å². The summed E-state index contributed by atoms with van der Waals surface area (Å²) in [6, 6.07) is 12.2. The lowest BCUT2D eigenvalue weighted by molar-refractivity contribution is -0.137. The number of aryl methyl sites for hydroxylation is 1. The highest BCUT2D eigenvalue weighted by molar-refractivity contribution is 5.76. The van der Waals surface area contributed by atoms with Crippen LogP contribution in [0, 0.1) is 13.8 Å². The number of fused-ring (bicyclic) bond motifs is 2. The van der Waals surface area contributed by atoms with E-state index in [-0.39, 0.29) is 18.4 Å². The maximum absolute atomic E-state index is 11.1. The number of aliphatic carboxylic acids is 1. The van der Waals surface area contributed by atoms with Crippen LogP contribution in [0.25, 0.3) is 11.1 Å². The zero-order chi connectivity index (χ0) is 23.1. The topological polar surface area (TPSA) is 77.9 Å². The summed E-state index contributed by atoms with van der Waals surface area (Å²) in [6.07, 6.45) is 3.73. The SMILES string of the molecule is COc1ncc(C)c(-c2cccc3c2CC[C@H]3Oc2ccc3c(c2)OC[C@H]3CC(=O)O)c1C. The Morgan fingerprint density at radius 1 is 1.21 bits per heavy atom. The van der Waals surface area contributed by atoms with Crippen molar-refractivity contribution >= 4 is 5.97 Å². The molecule has 33 heavy (non-hydrogen) atoms. The van der Waals surface area contributed by atoms with Gasteiger partial charge in [-0.3, -0.25) is 4.79 Å². The molecule has 0 unspecified atom stereocenters. The summed E-state index contributed by atoms with van der Waals surface area (Å²) < 4.78 is 17.6. The first-order valence-electron chi connectivity index (χ1n) is 11.2. The number of hydrogen-bond donors (Lipinski definition) is 1. The van der Waals surface area contributed by atoms with Crippen LogP contribution < -0.4 is 14.2 Å². The lowest BCUT2D eigenvalue weighted by Gasteiger charge is -2.18. The van der Waals surface area contributed by atoms with Gasteiger partial charge in [0.05, 0.1) is 20.1 Å². The Labute approximate surface area is 193 Å². The van der Waals surface area contributed by atoms with Gasteiger partial charge in [-0.2, -0.15) is 0 Å². The first-order chi connectivity index (χ1) is 16.0. The van der Waals surface area contributed by atoms with Crippen LogP contribution in [0.5, 0.6) is 17.4 Å². The molecule has 1 N–H and O–H groups in total. The van der Waals surface area contributed by atoms with Gasteiger partial charge in [-0.05, 0) is 60.6 Å². The van der Waals surface area contributed by atoms with Crippen molar-refractivity contribution < 1.29 is 24.1 Å². The van der Waals surface area contributed by atoms with Crippen LogP contribution >= 0.6 is 0 Å². The number of benzene rings is 2. The molecule has 0 saturated heterocycles. The van der Waals surface area contributed by atoms with E-state index in [0.717, 1.165) is 41.0 Å². The predicted octanol–water partition coefficient (Wildman–Crippen LogP) is 5.39. The molecule has 6 nitrogen and oxygen atoms in total. The van der Waals surface area contributed by atoms with E-state index >= 15 is 0 Å².